The Kier molecular flexibility index (Phi) is 6.41. The molecule has 0 aliphatic heterocycles. The molecule has 0 fully saturated rings. The van der Waals surface area contributed by atoms with E-state index in [0.717, 1.165) is 0 Å². The number of benzene rings is 1. The van der Waals surface area contributed by atoms with Gasteiger partial charge in [0.15, 0.2) is 6.10 Å². The first kappa shape index (κ1) is 16.4. The van der Waals surface area contributed by atoms with Crippen molar-refractivity contribution in [3.63, 3.8) is 0 Å². The van der Waals surface area contributed by atoms with E-state index in [9.17, 15) is 14.3 Å². The largest absolute Gasteiger partial charge is 0.481 e. The summed E-state index contributed by atoms with van der Waals surface area (Å²) in [6.07, 6.45) is -1.52. The van der Waals surface area contributed by atoms with Gasteiger partial charge in [0.2, 0.25) is 0 Å². The highest BCUT2D eigenvalue weighted by Gasteiger charge is 2.21. The molecule has 0 aliphatic carbocycles. The Balaban J connectivity index is 2.53. The fourth-order valence-electron chi connectivity index (χ4n) is 1.76. The zero-order chi connectivity index (χ0) is 15.1. The summed E-state index contributed by atoms with van der Waals surface area (Å²) in [6, 6.07) is 5.59. The minimum atomic E-state index is -0.767. The number of methoxy groups -OCH3 is 1. The Labute approximate surface area is 117 Å². The first-order valence-electron chi connectivity index (χ1n) is 6.28. The van der Waals surface area contributed by atoms with Crippen LogP contribution in [0.1, 0.15) is 6.92 Å². The van der Waals surface area contributed by atoms with E-state index < -0.39 is 18.0 Å². The minimum Gasteiger partial charge on any atom is -0.481 e. The number of nitrogens with zero attached hydrogens (tertiary/aromatic N) is 1. The van der Waals surface area contributed by atoms with Gasteiger partial charge in [0.05, 0.1) is 12.7 Å². The third-order valence-electron chi connectivity index (χ3n) is 2.68. The van der Waals surface area contributed by atoms with Crippen molar-refractivity contribution < 1.29 is 23.8 Å². The molecule has 0 aliphatic rings. The maximum atomic E-state index is 13.0. The van der Waals surface area contributed by atoms with Crippen LogP contribution in [0.15, 0.2) is 24.3 Å². The summed E-state index contributed by atoms with van der Waals surface area (Å²) in [5, 5.41) is 9.57. The average Bonchev–Trinajstić information content (AvgIpc) is 2.37. The number of rotatable bonds is 7. The van der Waals surface area contributed by atoms with Crippen molar-refractivity contribution in [3.05, 3.63) is 30.1 Å². The summed E-state index contributed by atoms with van der Waals surface area (Å²) in [4.78, 5) is 13.4. The molecule has 2 unspecified atom stereocenters. The van der Waals surface area contributed by atoms with Gasteiger partial charge in [0.25, 0.3) is 5.91 Å². The first-order chi connectivity index (χ1) is 9.43. The van der Waals surface area contributed by atoms with Crippen molar-refractivity contribution in [3.8, 4) is 5.75 Å². The second-order valence-electron chi connectivity index (χ2n) is 4.55. The van der Waals surface area contributed by atoms with Gasteiger partial charge in [-0.25, -0.2) is 4.39 Å². The van der Waals surface area contributed by atoms with Crippen LogP contribution in [0.2, 0.25) is 0 Å². The molecule has 0 heterocycles. The van der Waals surface area contributed by atoms with Crippen molar-refractivity contribution >= 4 is 5.91 Å². The summed E-state index contributed by atoms with van der Waals surface area (Å²) >= 11 is 0. The third-order valence-corrected chi connectivity index (χ3v) is 2.68. The van der Waals surface area contributed by atoms with Crippen LogP contribution in [0, 0.1) is 5.82 Å². The summed E-state index contributed by atoms with van der Waals surface area (Å²) in [7, 11) is 3.04. The lowest BCUT2D eigenvalue weighted by molar-refractivity contribution is -0.138. The van der Waals surface area contributed by atoms with Gasteiger partial charge in [-0.2, -0.15) is 0 Å². The molecule has 0 saturated heterocycles. The molecule has 1 rings (SSSR count). The number of ether oxygens (including phenoxy) is 2. The molecule has 0 spiro atoms. The summed E-state index contributed by atoms with van der Waals surface area (Å²) in [6.45, 7) is 1.87. The predicted molar refractivity (Wildman–Crippen MR) is 72.0 cm³/mol. The van der Waals surface area contributed by atoms with Gasteiger partial charge in [0, 0.05) is 26.8 Å². The highest BCUT2D eigenvalue weighted by atomic mass is 19.1. The molecule has 1 aromatic rings. The number of likely N-dealkylation sites (N-methyl/N-ethyl adjacent to an activating group) is 1. The molecule has 1 aromatic carbocycles. The van der Waals surface area contributed by atoms with Crippen LogP contribution in [0.25, 0.3) is 0 Å². The topological polar surface area (TPSA) is 59.0 Å². The third kappa shape index (κ3) is 5.14. The minimum absolute atomic E-state index is 0.142. The zero-order valence-electron chi connectivity index (χ0n) is 11.9. The van der Waals surface area contributed by atoms with Crippen LogP contribution in [-0.2, 0) is 9.53 Å². The predicted octanol–water partition coefficient (Wildman–Crippen LogP) is 1.06. The maximum Gasteiger partial charge on any atom is 0.263 e. The van der Waals surface area contributed by atoms with Crippen LogP contribution in [-0.4, -0.2) is 55.4 Å². The number of aliphatic hydroxyl groups is 1. The smallest absolute Gasteiger partial charge is 0.263 e. The molecule has 0 bridgehead atoms. The monoisotopic (exact) mass is 285 g/mol. The van der Waals surface area contributed by atoms with Crippen molar-refractivity contribution in [1.82, 2.24) is 4.90 Å². The SMILES string of the molecule is COCC(O)CN(C)C(=O)C(C)Oc1cccc(F)c1. The molecule has 0 radical (unpaired) electrons. The first-order valence-corrected chi connectivity index (χ1v) is 6.28. The normalized spacial score (nSPS) is 13.7. The Morgan fingerprint density at radius 3 is 2.80 bits per heavy atom. The Morgan fingerprint density at radius 1 is 1.50 bits per heavy atom. The second kappa shape index (κ2) is 7.81. The van der Waals surface area contributed by atoms with E-state index in [-0.39, 0.29) is 24.8 Å². The zero-order valence-corrected chi connectivity index (χ0v) is 11.9. The highest BCUT2D eigenvalue weighted by molar-refractivity contribution is 5.80. The average molecular weight is 285 g/mol. The number of carbonyl (C=O) groups excluding carboxylic acids is 1. The Hall–Kier alpha value is -1.66. The molecule has 5 nitrogen and oxygen atoms in total. The number of aliphatic hydroxyl groups excluding tert-OH is 1. The summed E-state index contributed by atoms with van der Waals surface area (Å²) in [5.74, 6) is -0.438. The molecule has 2 atom stereocenters. The molecule has 0 aromatic heterocycles. The quantitative estimate of drug-likeness (QED) is 0.814. The van der Waals surface area contributed by atoms with Gasteiger partial charge in [-0.3, -0.25) is 4.79 Å². The second-order valence-corrected chi connectivity index (χ2v) is 4.55. The molecule has 0 saturated carbocycles. The molecule has 112 valence electrons. The molecular weight excluding hydrogens is 265 g/mol. The van der Waals surface area contributed by atoms with E-state index in [0.29, 0.717) is 0 Å². The van der Waals surface area contributed by atoms with Gasteiger partial charge in [-0.15, -0.1) is 0 Å². The van der Waals surface area contributed by atoms with E-state index in [4.69, 9.17) is 9.47 Å². The van der Waals surface area contributed by atoms with E-state index in [1.165, 1.54) is 30.2 Å². The number of amides is 1. The standard InChI is InChI=1S/C14H20FNO4/c1-10(20-13-6-4-5-11(15)7-13)14(18)16(2)8-12(17)9-19-3/h4-7,10,12,17H,8-9H2,1-3H3. The highest BCUT2D eigenvalue weighted by Crippen LogP contribution is 2.14. The molecule has 1 amide bonds. The number of carbonyl (C=O) groups is 1. The van der Waals surface area contributed by atoms with E-state index >= 15 is 0 Å². The molecule has 6 heteroatoms. The van der Waals surface area contributed by atoms with Gasteiger partial charge in [0.1, 0.15) is 11.6 Å². The lowest BCUT2D eigenvalue weighted by atomic mass is 10.3. The van der Waals surface area contributed by atoms with Gasteiger partial charge < -0.3 is 19.5 Å². The van der Waals surface area contributed by atoms with E-state index in [1.54, 1.807) is 20.0 Å². The number of hydrogen-bond acceptors (Lipinski definition) is 4. The van der Waals surface area contributed by atoms with Crippen molar-refractivity contribution in [2.45, 2.75) is 19.1 Å². The summed E-state index contributed by atoms with van der Waals surface area (Å²) in [5.41, 5.74) is 0. The number of halogens is 1. The van der Waals surface area contributed by atoms with Gasteiger partial charge >= 0.3 is 0 Å². The van der Waals surface area contributed by atoms with Crippen molar-refractivity contribution in [2.75, 3.05) is 27.3 Å². The van der Waals surface area contributed by atoms with Gasteiger partial charge in [-0.05, 0) is 19.1 Å². The fraction of sp³-hybridized carbons (Fsp3) is 0.500. The lowest BCUT2D eigenvalue weighted by Gasteiger charge is -2.24. The Morgan fingerprint density at radius 2 is 2.20 bits per heavy atom. The van der Waals surface area contributed by atoms with Crippen LogP contribution < -0.4 is 4.74 Å². The van der Waals surface area contributed by atoms with Crippen LogP contribution >= 0.6 is 0 Å². The maximum absolute atomic E-state index is 13.0. The molecule has 1 N–H and O–H groups in total. The molecule has 20 heavy (non-hydrogen) atoms. The Bertz CT molecular complexity index is 441. The van der Waals surface area contributed by atoms with Crippen molar-refractivity contribution in [2.24, 2.45) is 0 Å². The van der Waals surface area contributed by atoms with Gasteiger partial charge in [-0.1, -0.05) is 6.07 Å². The summed E-state index contributed by atoms with van der Waals surface area (Å²) < 4.78 is 23.2. The molecular formula is C14H20FNO4. The van der Waals surface area contributed by atoms with E-state index in [2.05, 4.69) is 0 Å². The van der Waals surface area contributed by atoms with Crippen LogP contribution in [0.4, 0.5) is 4.39 Å². The number of hydrogen-bond donors (Lipinski definition) is 1. The van der Waals surface area contributed by atoms with E-state index in [1.807, 2.05) is 0 Å². The van der Waals surface area contributed by atoms with Crippen molar-refractivity contribution in [1.29, 1.82) is 0 Å². The fourth-order valence-corrected chi connectivity index (χ4v) is 1.76. The lowest BCUT2D eigenvalue weighted by Crippen LogP contribution is -2.42. The van der Waals surface area contributed by atoms with Crippen LogP contribution in [0.5, 0.6) is 5.75 Å². The van der Waals surface area contributed by atoms with Crippen LogP contribution in [0.3, 0.4) is 0 Å².